The van der Waals surface area contributed by atoms with Crippen LogP contribution >= 0.6 is 27.5 Å². The maximum atomic E-state index is 5.96. The normalized spacial score (nSPS) is 10.7. The van der Waals surface area contributed by atoms with Crippen molar-refractivity contribution in [2.45, 2.75) is 27.0 Å². The molecule has 19 heavy (non-hydrogen) atoms. The highest BCUT2D eigenvalue weighted by Crippen LogP contribution is 2.26. The number of hydrogen-bond acceptors (Lipinski definition) is 3. The molecule has 0 radical (unpaired) electrons. The molecule has 0 bridgehead atoms. The second-order valence-electron chi connectivity index (χ2n) is 4.13. The summed E-state index contributed by atoms with van der Waals surface area (Å²) in [4.78, 5) is 0. The van der Waals surface area contributed by atoms with Crippen molar-refractivity contribution in [3.8, 4) is 5.75 Å². The molecule has 1 aromatic carbocycles. The first-order chi connectivity index (χ1) is 9.02. The summed E-state index contributed by atoms with van der Waals surface area (Å²) in [6.45, 7) is 5.23. The van der Waals surface area contributed by atoms with Gasteiger partial charge in [-0.05, 0) is 41.9 Å². The SMILES string of the molecule is CCn1nc(C)c(Br)c1COc1ccc(N)c(Cl)c1. The van der Waals surface area contributed by atoms with Gasteiger partial charge in [-0.25, -0.2) is 0 Å². The van der Waals surface area contributed by atoms with Crippen LogP contribution in [0.3, 0.4) is 0 Å². The first-order valence-electron chi connectivity index (χ1n) is 5.92. The van der Waals surface area contributed by atoms with Crippen LogP contribution in [0.1, 0.15) is 18.3 Å². The van der Waals surface area contributed by atoms with Crippen molar-refractivity contribution in [1.82, 2.24) is 9.78 Å². The Morgan fingerprint density at radius 1 is 1.47 bits per heavy atom. The molecule has 2 N–H and O–H groups in total. The van der Waals surface area contributed by atoms with Gasteiger partial charge in [-0.1, -0.05) is 11.6 Å². The summed E-state index contributed by atoms with van der Waals surface area (Å²) >= 11 is 9.49. The Morgan fingerprint density at radius 2 is 2.21 bits per heavy atom. The summed E-state index contributed by atoms with van der Waals surface area (Å²) in [7, 11) is 0. The average molecular weight is 345 g/mol. The summed E-state index contributed by atoms with van der Waals surface area (Å²) in [6.07, 6.45) is 0. The van der Waals surface area contributed by atoms with Crippen LogP contribution in [-0.2, 0) is 13.2 Å². The van der Waals surface area contributed by atoms with Gasteiger partial charge >= 0.3 is 0 Å². The minimum absolute atomic E-state index is 0.426. The Hall–Kier alpha value is -1.20. The van der Waals surface area contributed by atoms with Gasteiger partial charge in [0.05, 0.1) is 26.6 Å². The molecule has 0 aliphatic carbocycles. The number of halogens is 2. The summed E-state index contributed by atoms with van der Waals surface area (Å²) in [5.74, 6) is 0.688. The van der Waals surface area contributed by atoms with E-state index < -0.39 is 0 Å². The van der Waals surface area contributed by atoms with Crippen molar-refractivity contribution in [2.75, 3.05) is 5.73 Å². The molecule has 102 valence electrons. The second kappa shape index (κ2) is 5.84. The lowest BCUT2D eigenvalue weighted by Crippen LogP contribution is -2.06. The zero-order valence-electron chi connectivity index (χ0n) is 10.8. The molecule has 0 saturated carbocycles. The summed E-state index contributed by atoms with van der Waals surface area (Å²) in [5.41, 5.74) is 8.17. The van der Waals surface area contributed by atoms with Crippen LogP contribution in [0.5, 0.6) is 5.75 Å². The molecule has 0 fully saturated rings. The van der Waals surface area contributed by atoms with Gasteiger partial charge in [-0.3, -0.25) is 4.68 Å². The van der Waals surface area contributed by atoms with Crippen LogP contribution in [0, 0.1) is 6.92 Å². The third-order valence-electron chi connectivity index (χ3n) is 2.80. The third kappa shape index (κ3) is 3.04. The molecule has 0 aliphatic heterocycles. The monoisotopic (exact) mass is 343 g/mol. The molecule has 2 rings (SSSR count). The topological polar surface area (TPSA) is 53.1 Å². The van der Waals surface area contributed by atoms with Crippen LogP contribution in [0.2, 0.25) is 5.02 Å². The highest BCUT2D eigenvalue weighted by atomic mass is 79.9. The predicted octanol–water partition coefficient (Wildman–Crippen LogP) is 3.79. The Kier molecular flexibility index (Phi) is 4.37. The molecular formula is C13H15BrClN3O. The number of nitrogen functional groups attached to an aromatic ring is 1. The number of ether oxygens (including phenoxy) is 1. The van der Waals surface area contributed by atoms with E-state index in [0.29, 0.717) is 23.1 Å². The van der Waals surface area contributed by atoms with E-state index >= 15 is 0 Å². The van der Waals surface area contributed by atoms with Crippen LogP contribution in [-0.4, -0.2) is 9.78 Å². The van der Waals surface area contributed by atoms with Crippen LogP contribution < -0.4 is 10.5 Å². The van der Waals surface area contributed by atoms with Crippen molar-refractivity contribution in [3.63, 3.8) is 0 Å². The van der Waals surface area contributed by atoms with E-state index in [0.717, 1.165) is 22.4 Å². The maximum absolute atomic E-state index is 5.96. The molecule has 2 aromatic rings. The van der Waals surface area contributed by atoms with Gasteiger partial charge in [0.2, 0.25) is 0 Å². The van der Waals surface area contributed by atoms with E-state index in [2.05, 4.69) is 21.0 Å². The standard InChI is InChI=1S/C13H15BrClN3O/c1-3-18-12(13(14)8(2)17-18)7-19-9-4-5-11(16)10(15)6-9/h4-6H,3,7,16H2,1-2H3. The second-order valence-corrected chi connectivity index (χ2v) is 5.33. The molecule has 4 nitrogen and oxygen atoms in total. The Balaban J connectivity index is 2.16. The van der Waals surface area contributed by atoms with Gasteiger partial charge in [-0.2, -0.15) is 5.10 Å². The number of nitrogens with two attached hydrogens (primary N) is 1. The number of benzene rings is 1. The minimum atomic E-state index is 0.426. The molecular weight excluding hydrogens is 330 g/mol. The third-order valence-corrected chi connectivity index (χ3v) is 4.16. The molecule has 0 amide bonds. The van der Waals surface area contributed by atoms with E-state index in [4.69, 9.17) is 22.1 Å². The molecule has 0 atom stereocenters. The highest BCUT2D eigenvalue weighted by molar-refractivity contribution is 9.10. The van der Waals surface area contributed by atoms with E-state index in [1.165, 1.54) is 0 Å². The molecule has 0 saturated heterocycles. The lowest BCUT2D eigenvalue weighted by Gasteiger charge is -2.09. The fraction of sp³-hybridized carbons (Fsp3) is 0.308. The zero-order valence-corrected chi connectivity index (χ0v) is 13.1. The largest absolute Gasteiger partial charge is 0.487 e. The fourth-order valence-corrected chi connectivity index (χ4v) is 2.33. The first kappa shape index (κ1) is 14.2. The Labute approximate surface area is 125 Å². The van der Waals surface area contributed by atoms with Crippen molar-refractivity contribution >= 4 is 33.2 Å². The van der Waals surface area contributed by atoms with E-state index in [9.17, 15) is 0 Å². The van der Waals surface area contributed by atoms with E-state index in [-0.39, 0.29) is 0 Å². The summed E-state index contributed by atoms with van der Waals surface area (Å²) < 4.78 is 8.63. The lowest BCUT2D eigenvalue weighted by molar-refractivity contribution is 0.292. The molecule has 1 aromatic heterocycles. The van der Waals surface area contributed by atoms with Crippen molar-refractivity contribution in [1.29, 1.82) is 0 Å². The van der Waals surface area contributed by atoms with Crippen molar-refractivity contribution < 1.29 is 4.74 Å². The van der Waals surface area contributed by atoms with E-state index in [1.54, 1.807) is 18.2 Å². The van der Waals surface area contributed by atoms with Crippen LogP contribution in [0.15, 0.2) is 22.7 Å². The van der Waals surface area contributed by atoms with Gasteiger partial charge in [0.25, 0.3) is 0 Å². The molecule has 0 aliphatic rings. The minimum Gasteiger partial charge on any atom is -0.487 e. The number of nitrogens with zero attached hydrogens (tertiary/aromatic N) is 2. The van der Waals surface area contributed by atoms with Gasteiger partial charge < -0.3 is 10.5 Å². The van der Waals surface area contributed by atoms with Gasteiger partial charge in [-0.15, -0.1) is 0 Å². The quantitative estimate of drug-likeness (QED) is 0.859. The Bertz CT molecular complexity index is 598. The zero-order chi connectivity index (χ0) is 14.0. The lowest BCUT2D eigenvalue weighted by atomic mass is 10.3. The average Bonchev–Trinajstić information content (AvgIpc) is 2.67. The maximum Gasteiger partial charge on any atom is 0.131 e. The van der Waals surface area contributed by atoms with Gasteiger partial charge in [0.15, 0.2) is 0 Å². The molecule has 1 heterocycles. The van der Waals surface area contributed by atoms with Gasteiger partial charge in [0.1, 0.15) is 12.4 Å². The number of aromatic nitrogens is 2. The molecule has 0 spiro atoms. The molecule has 0 unspecified atom stereocenters. The summed E-state index contributed by atoms with van der Waals surface area (Å²) in [6, 6.07) is 5.24. The number of hydrogen-bond donors (Lipinski definition) is 1. The van der Waals surface area contributed by atoms with Gasteiger partial charge in [0, 0.05) is 12.6 Å². The number of anilines is 1. The van der Waals surface area contributed by atoms with E-state index in [1.807, 2.05) is 18.5 Å². The van der Waals surface area contributed by atoms with Crippen LogP contribution in [0.4, 0.5) is 5.69 Å². The first-order valence-corrected chi connectivity index (χ1v) is 7.09. The highest BCUT2D eigenvalue weighted by Gasteiger charge is 2.12. The summed E-state index contributed by atoms with van der Waals surface area (Å²) in [5, 5.41) is 4.91. The van der Waals surface area contributed by atoms with Crippen molar-refractivity contribution in [2.24, 2.45) is 0 Å². The van der Waals surface area contributed by atoms with Crippen LogP contribution in [0.25, 0.3) is 0 Å². The number of rotatable bonds is 4. The smallest absolute Gasteiger partial charge is 0.131 e. The predicted molar refractivity (Wildman–Crippen MR) is 80.5 cm³/mol. The fourth-order valence-electron chi connectivity index (χ4n) is 1.76. The molecule has 6 heteroatoms. The van der Waals surface area contributed by atoms with Crippen molar-refractivity contribution in [3.05, 3.63) is 39.1 Å². The Morgan fingerprint density at radius 3 is 2.84 bits per heavy atom. The number of aryl methyl sites for hydroxylation is 2.